The van der Waals surface area contributed by atoms with Crippen LogP contribution in [0.25, 0.3) is 6.08 Å². The molecular formula is C32H37N3OS. The molecule has 0 spiro atoms. The number of hydrogen-bond acceptors (Lipinski definition) is 4. The summed E-state index contributed by atoms with van der Waals surface area (Å²) < 4.78 is 0. The zero-order chi connectivity index (χ0) is 26.2. The number of aliphatic imine (C=N–C) groups is 1. The Kier molecular flexibility index (Phi) is 9.24. The van der Waals surface area contributed by atoms with Crippen LogP contribution in [-0.4, -0.2) is 24.2 Å². The number of aryl methyl sites for hydroxylation is 2. The van der Waals surface area contributed by atoms with Gasteiger partial charge in [0.2, 0.25) is 0 Å². The maximum Gasteiger partial charge on any atom is 0.271 e. The van der Waals surface area contributed by atoms with E-state index in [2.05, 4.69) is 81.1 Å². The molecule has 1 heterocycles. The van der Waals surface area contributed by atoms with Crippen LogP contribution in [0.5, 0.6) is 0 Å². The van der Waals surface area contributed by atoms with Crippen molar-refractivity contribution in [3.8, 4) is 0 Å². The molecule has 5 heteroatoms. The van der Waals surface area contributed by atoms with Crippen molar-refractivity contribution in [3.05, 3.63) is 94.4 Å². The summed E-state index contributed by atoms with van der Waals surface area (Å²) in [5.41, 5.74) is 6.45. The highest BCUT2D eigenvalue weighted by atomic mass is 32.2. The largest absolute Gasteiger partial charge is 0.372 e. The first-order valence-electron chi connectivity index (χ1n) is 13.4. The third-order valence-corrected chi connectivity index (χ3v) is 7.49. The van der Waals surface area contributed by atoms with Gasteiger partial charge in [-0.3, -0.25) is 9.69 Å². The number of thioether (sulfide) groups is 1. The smallest absolute Gasteiger partial charge is 0.271 e. The normalized spacial score (nSPS) is 15.7. The summed E-state index contributed by atoms with van der Waals surface area (Å²) in [5, 5.41) is 0.679. The fraction of sp³-hybridized carbons (Fsp3) is 0.312. The number of amidine groups is 1. The van der Waals surface area contributed by atoms with Gasteiger partial charge < -0.3 is 4.90 Å². The molecule has 0 aromatic heterocycles. The van der Waals surface area contributed by atoms with Gasteiger partial charge in [0, 0.05) is 18.8 Å². The molecule has 4 nitrogen and oxygen atoms in total. The van der Waals surface area contributed by atoms with Gasteiger partial charge in [-0.2, -0.15) is 0 Å². The van der Waals surface area contributed by atoms with Crippen molar-refractivity contribution in [1.29, 1.82) is 0 Å². The molecule has 192 valence electrons. The van der Waals surface area contributed by atoms with Gasteiger partial charge in [-0.25, -0.2) is 4.99 Å². The van der Waals surface area contributed by atoms with Crippen LogP contribution in [0.3, 0.4) is 0 Å². The summed E-state index contributed by atoms with van der Waals surface area (Å²) in [6.45, 7) is 10.8. The molecule has 0 aliphatic carbocycles. The molecule has 0 unspecified atom stereocenters. The van der Waals surface area contributed by atoms with Crippen LogP contribution < -0.4 is 9.80 Å². The first-order valence-corrected chi connectivity index (χ1v) is 14.2. The second kappa shape index (κ2) is 12.8. The van der Waals surface area contributed by atoms with E-state index < -0.39 is 0 Å². The van der Waals surface area contributed by atoms with Gasteiger partial charge in [0.15, 0.2) is 5.17 Å². The van der Waals surface area contributed by atoms with Crippen molar-refractivity contribution in [2.45, 2.75) is 53.4 Å². The first kappa shape index (κ1) is 26.7. The molecule has 0 radical (unpaired) electrons. The number of rotatable bonds is 10. The van der Waals surface area contributed by atoms with Gasteiger partial charge in [0.05, 0.1) is 16.3 Å². The third-order valence-electron chi connectivity index (χ3n) is 6.52. The lowest BCUT2D eigenvalue weighted by Gasteiger charge is -2.23. The van der Waals surface area contributed by atoms with Gasteiger partial charge in [0.1, 0.15) is 0 Å². The van der Waals surface area contributed by atoms with Crippen molar-refractivity contribution in [3.63, 3.8) is 0 Å². The molecule has 1 fully saturated rings. The Hall–Kier alpha value is -3.31. The van der Waals surface area contributed by atoms with Crippen LogP contribution >= 0.6 is 11.8 Å². The third kappa shape index (κ3) is 6.53. The van der Waals surface area contributed by atoms with Crippen LogP contribution in [0.2, 0.25) is 0 Å². The molecule has 1 aliphatic heterocycles. The Bertz CT molecular complexity index is 1240. The molecule has 0 atom stereocenters. The lowest BCUT2D eigenvalue weighted by molar-refractivity contribution is -0.113. The van der Waals surface area contributed by atoms with Crippen molar-refractivity contribution < 1.29 is 4.79 Å². The predicted octanol–water partition coefficient (Wildman–Crippen LogP) is 8.25. The summed E-state index contributed by atoms with van der Waals surface area (Å²) in [5.74, 6) is -0.0409. The molecule has 3 aromatic rings. The van der Waals surface area contributed by atoms with E-state index in [-0.39, 0.29) is 5.91 Å². The summed E-state index contributed by atoms with van der Waals surface area (Å²) in [7, 11) is 0. The van der Waals surface area contributed by atoms with Gasteiger partial charge >= 0.3 is 0 Å². The number of hydrogen-bond donors (Lipinski definition) is 0. The maximum atomic E-state index is 13.7. The molecule has 0 saturated carbocycles. The number of amides is 1. The summed E-state index contributed by atoms with van der Waals surface area (Å²) >= 11 is 1.44. The van der Waals surface area contributed by atoms with Gasteiger partial charge in [0.25, 0.3) is 5.91 Å². The summed E-state index contributed by atoms with van der Waals surface area (Å²) in [6, 6.07) is 25.0. The average Bonchev–Trinajstić information content (AvgIpc) is 3.23. The quantitative estimate of drug-likeness (QED) is 0.257. The van der Waals surface area contributed by atoms with Gasteiger partial charge in [-0.15, -0.1) is 0 Å². The highest BCUT2D eigenvalue weighted by Gasteiger charge is 2.34. The minimum Gasteiger partial charge on any atom is -0.372 e. The van der Waals surface area contributed by atoms with Crippen molar-refractivity contribution in [1.82, 2.24) is 0 Å². The number of nitrogens with zero attached hydrogens (tertiary/aromatic N) is 3. The zero-order valence-corrected chi connectivity index (χ0v) is 23.2. The molecular weight excluding hydrogens is 474 g/mol. The Balaban J connectivity index is 1.66. The van der Waals surface area contributed by atoms with E-state index in [0.717, 1.165) is 55.7 Å². The minimum atomic E-state index is -0.0409. The fourth-order valence-corrected chi connectivity index (χ4v) is 5.42. The number of benzene rings is 3. The topological polar surface area (TPSA) is 35.9 Å². The van der Waals surface area contributed by atoms with Crippen molar-refractivity contribution in [2.75, 3.05) is 22.9 Å². The van der Waals surface area contributed by atoms with Crippen LogP contribution in [0.1, 0.15) is 57.2 Å². The molecule has 0 N–H and O–H groups in total. The fourth-order valence-electron chi connectivity index (χ4n) is 4.42. The van der Waals surface area contributed by atoms with E-state index in [1.807, 2.05) is 30.3 Å². The number of carbonyl (C=O) groups excluding carboxylic acids is 1. The molecule has 1 saturated heterocycles. The summed E-state index contributed by atoms with van der Waals surface area (Å²) in [4.78, 5) is 23.4. The van der Waals surface area contributed by atoms with Crippen LogP contribution in [0, 0.1) is 0 Å². The van der Waals surface area contributed by atoms with Crippen molar-refractivity contribution >= 4 is 46.0 Å². The van der Waals surface area contributed by atoms with Crippen LogP contribution in [-0.2, 0) is 17.6 Å². The molecule has 4 rings (SSSR count). The highest BCUT2D eigenvalue weighted by molar-refractivity contribution is 8.19. The van der Waals surface area contributed by atoms with E-state index in [1.54, 1.807) is 4.90 Å². The summed E-state index contributed by atoms with van der Waals surface area (Å²) in [6.07, 6.45) is 6.17. The zero-order valence-electron chi connectivity index (χ0n) is 22.4. The molecule has 1 aliphatic rings. The molecule has 1 amide bonds. The second-order valence-corrected chi connectivity index (χ2v) is 10.3. The van der Waals surface area contributed by atoms with Gasteiger partial charge in [-0.05, 0) is 96.6 Å². The SMILES string of the molecule is CCCN(CCC)c1ccc(C=C2SC(=Nc3ccc(CC)cc3)N(c3ccc(CC)cc3)C2=O)cc1. The Labute approximate surface area is 226 Å². The molecule has 3 aromatic carbocycles. The second-order valence-electron chi connectivity index (χ2n) is 9.26. The Morgan fingerprint density at radius 3 is 1.89 bits per heavy atom. The first-order chi connectivity index (χ1) is 18.1. The maximum absolute atomic E-state index is 13.7. The van der Waals surface area contributed by atoms with E-state index in [0.29, 0.717) is 10.1 Å². The Morgan fingerprint density at radius 2 is 1.35 bits per heavy atom. The van der Waals surface area contributed by atoms with E-state index in [9.17, 15) is 4.79 Å². The molecule has 0 bridgehead atoms. The highest BCUT2D eigenvalue weighted by Crippen LogP contribution is 2.37. The Morgan fingerprint density at radius 1 is 0.784 bits per heavy atom. The monoisotopic (exact) mass is 511 g/mol. The van der Waals surface area contributed by atoms with Crippen molar-refractivity contribution in [2.24, 2.45) is 4.99 Å². The van der Waals surface area contributed by atoms with E-state index >= 15 is 0 Å². The average molecular weight is 512 g/mol. The van der Waals surface area contributed by atoms with Crippen LogP contribution in [0.4, 0.5) is 17.1 Å². The van der Waals surface area contributed by atoms with Crippen LogP contribution in [0.15, 0.2) is 82.7 Å². The standard InChI is InChI=1S/C32H37N3OS/c1-5-21-34(22-6-2)28-17-13-26(14-18-28)23-30-31(36)35(29-19-11-25(8-4)12-20-29)32(37-30)33-27-15-9-24(7-3)10-16-27/h9-20,23H,5-8,21-22H2,1-4H3. The van der Waals surface area contributed by atoms with Gasteiger partial charge in [-0.1, -0.05) is 64.1 Å². The minimum absolute atomic E-state index is 0.0409. The number of carbonyl (C=O) groups is 1. The van der Waals surface area contributed by atoms with E-state index in [1.165, 1.54) is 28.6 Å². The lowest BCUT2D eigenvalue weighted by Crippen LogP contribution is -2.28. The molecule has 37 heavy (non-hydrogen) atoms. The lowest BCUT2D eigenvalue weighted by atomic mass is 10.1. The number of anilines is 2. The predicted molar refractivity (Wildman–Crippen MR) is 161 cm³/mol. The van der Waals surface area contributed by atoms with E-state index in [4.69, 9.17) is 4.99 Å².